The predicted molar refractivity (Wildman–Crippen MR) is 104 cm³/mol. The number of hydrogen-bond donors (Lipinski definition) is 1. The van der Waals surface area contributed by atoms with E-state index in [0.29, 0.717) is 37.4 Å². The summed E-state index contributed by atoms with van der Waals surface area (Å²) in [5.74, 6) is -1.21. The quantitative estimate of drug-likeness (QED) is 0.771. The van der Waals surface area contributed by atoms with Gasteiger partial charge in [0, 0.05) is 31.6 Å². The van der Waals surface area contributed by atoms with Crippen molar-refractivity contribution in [1.29, 1.82) is 0 Å². The van der Waals surface area contributed by atoms with Crippen LogP contribution in [-0.2, 0) is 20.8 Å². The van der Waals surface area contributed by atoms with Gasteiger partial charge in [-0.25, -0.2) is 0 Å². The molecule has 1 N–H and O–H groups in total. The monoisotopic (exact) mass is 394 g/mol. The molecule has 1 unspecified atom stereocenters. The Morgan fingerprint density at radius 1 is 1.22 bits per heavy atom. The summed E-state index contributed by atoms with van der Waals surface area (Å²) < 4.78 is 0. The van der Waals surface area contributed by atoms with Gasteiger partial charge < -0.3 is 14.9 Å². The van der Waals surface area contributed by atoms with E-state index in [9.17, 15) is 14.4 Å². The van der Waals surface area contributed by atoms with Crippen LogP contribution >= 0.6 is 11.6 Å². The van der Waals surface area contributed by atoms with Gasteiger partial charge in [-0.15, -0.1) is 0 Å². The van der Waals surface area contributed by atoms with E-state index >= 15 is 0 Å². The van der Waals surface area contributed by atoms with Gasteiger partial charge in [0.1, 0.15) is 0 Å². The number of carboxylic acid groups (broad SMARTS) is 1. The minimum absolute atomic E-state index is 0.0320. The second kappa shape index (κ2) is 9.74. The highest BCUT2D eigenvalue weighted by Crippen LogP contribution is 2.18. The number of piperidine rings is 1. The van der Waals surface area contributed by atoms with Gasteiger partial charge in [0.15, 0.2) is 0 Å². The maximum absolute atomic E-state index is 12.4. The van der Waals surface area contributed by atoms with Gasteiger partial charge in [-0.2, -0.15) is 0 Å². The van der Waals surface area contributed by atoms with Crippen LogP contribution in [-0.4, -0.2) is 59.4 Å². The van der Waals surface area contributed by atoms with Crippen LogP contribution in [0.2, 0.25) is 5.02 Å². The molecule has 1 aromatic carbocycles. The lowest BCUT2D eigenvalue weighted by molar-refractivity contribution is -0.146. The van der Waals surface area contributed by atoms with Gasteiger partial charge in [-0.1, -0.05) is 30.7 Å². The molecule has 2 amide bonds. The normalized spacial score (nSPS) is 16.0. The van der Waals surface area contributed by atoms with E-state index in [0.717, 1.165) is 12.0 Å². The molecule has 0 bridgehead atoms. The molecule has 2 rings (SSSR count). The number of hydrogen-bond acceptors (Lipinski definition) is 3. The highest BCUT2D eigenvalue weighted by molar-refractivity contribution is 6.30. The van der Waals surface area contributed by atoms with Crippen LogP contribution in [0, 0.1) is 11.8 Å². The first-order chi connectivity index (χ1) is 12.8. The average Bonchev–Trinajstić information content (AvgIpc) is 2.63. The number of carboxylic acids is 1. The Morgan fingerprint density at radius 3 is 2.37 bits per heavy atom. The lowest BCUT2D eigenvalue weighted by Crippen LogP contribution is -2.45. The standard InChI is InChI=1S/C20H27ClN2O4/c1-14(11-15-3-5-17(21)6-4-15)12-18(24)22(2)13-19(25)23-9-7-16(8-10-23)20(26)27/h3-6,14,16H,7-13H2,1-2H3,(H,26,27). The summed E-state index contributed by atoms with van der Waals surface area (Å²) in [5, 5.41) is 9.71. The molecule has 1 atom stereocenters. The predicted octanol–water partition coefficient (Wildman–Crippen LogP) is 2.69. The summed E-state index contributed by atoms with van der Waals surface area (Å²) in [7, 11) is 1.64. The first kappa shape index (κ1) is 21.2. The Morgan fingerprint density at radius 2 is 1.81 bits per heavy atom. The van der Waals surface area contributed by atoms with Crippen molar-refractivity contribution < 1.29 is 19.5 Å². The number of halogens is 1. The summed E-state index contributed by atoms with van der Waals surface area (Å²) in [6, 6.07) is 7.59. The smallest absolute Gasteiger partial charge is 0.306 e. The zero-order valence-electron chi connectivity index (χ0n) is 15.9. The molecule has 1 aromatic rings. The fraction of sp³-hybridized carbons (Fsp3) is 0.550. The van der Waals surface area contributed by atoms with Gasteiger partial charge in [0.2, 0.25) is 11.8 Å². The number of nitrogens with zero attached hydrogens (tertiary/aromatic N) is 2. The summed E-state index contributed by atoms with van der Waals surface area (Å²) in [4.78, 5) is 38.9. The maximum atomic E-state index is 12.4. The van der Waals surface area contributed by atoms with Crippen molar-refractivity contribution in [2.24, 2.45) is 11.8 Å². The molecule has 0 radical (unpaired) electrons. The zero-order chi connectivity index (χ0) is 20.0. The number of likely N-dealkylation sites (N-methyl/N-ethyl adjacent to an activating group) is 1. The van der Waals surface area contributed by atoms with Gasteiger partial charge >= 0.3 is 5.97 Å². The molecule has 0 aliphatic carbocycles. The van der Waals surface area contributed by atoms with Crippen molar-refractivity contribution in [3.63, 3.8) is 0 Å². The molecular formula is C20H27ClN2O4. The Balaban J connectivity index is 1.76. The number of amides is 2. The molecule has 0 saturated carbocycles. The summed E-state index contributed by atoms with van der Waals surface area (Å²) >= 11 is 5.88. The van der Waals surface area contributed by atoms with Crippen LogP contribution in [0.1, 0.15) is 31.7 Å². The van der Waals surface area contributed by atoms with Crippen LogP contribution in [0.15, 0.2) is 24.3 Å². The Bertz CT molecular complexity index is 669. The van der Waals surface area contributed by atoms with E-state index in [1.165, 1.54) is 4.90 Å². The number of carbonyl (C=O) groups is 3. The summed E-state index contributed by atoms with van der Waals surface area (Å²) in [5.41, 5.74) is 1.12. The van der Waals surface area contributed by atoms with Gasteiger partial charge in [-0.05, 0) is 42.9 Å². The van der Waals surface area contributed by atoms with Crippen LogP contribution in [0.4, 0.5) is 0 Å². The van der Waals surface area contributed by atoms with Crippen molar-refractivity contribution >= 4 is 29.4 Å². The molecule has 1 saturated heterocycles. The maximum Gasteiger partial charge on any atom is 0.306 e. The van der Waals surface area contributed by atoms with Crippen molar-refractivity contribution in [3.8, 4) is 0 Å². The van der Waals surface area contributed by atoms with Crippen molar-refractivity contribution in [2.75, 3.05) is 26.7 Å². The van der Waals surface area contributed by atoms with E-state index in [-0.39, 0.29) is 30.2 Å². The molecule has 1 aliphatic heterocycles. The zero-order valence-corrected chi connectivity index (χ0v) is 16.6. The van der Waals surface area contributed by atoms with Crippen LogP contribution in [0.3, 0.4) is 0 Å². The second-order valence-corrected chi connectivity index (χ2v) is 7.82. The van der Waals surface area contributed by atoms with Crippen LogP contribution < -0.4 is 0 Å². The van der Waals surface area contributed by atoms with Gasteiger partial charge in [0.05, 0.1) is 12.5 Å². The molecule has 1 heterocycles. The fourth-order valence-corrected chi connectivity index (χ4v) is 3.44. The van der Waals surface area contributed by atoms with Crippen molar-refractivity contribution in [3.05, 3.63) is 34.9 Å². The molecule has 1 fully saturated rings. The Labute approximate surface area is 165 Å². The topological polar surface area (TPSA) is 77.9 Å². The largest absolute Gasteiger partial charge is 0.481 e. The van der Waals surface area contributed by atoms with Crippen molar-refractivity contribution in [1.82, 2.24) is 9.80 Å². The van der Waals surface area contributed by atoms with Crippen LogP contribution in [0.5, 0.6) is 0 Å². The number of rotatable bonds is 7. The second-order valence-electron chi connectivity index (χ2n) is 7.38. The highest BCUT2D eigenvalue weighted by Gasteiger charge is 2.28. The third-order valence-corrected chi connectivity index (χ3v) is 5.27. The summed E-state index contributed by atoms with van der Waals surface area (Å²) in [6.45, 7) is 2.92. The number of carbonyl (C=O) groups excluding carboxylic acids is 2. The first-order valence-electron chi connectivity index (χ1n) is 9.25. The minimum Gasteiger partial charge on any atom is -0.481 e. The third kappa shape index (κ3) is 6.54. The fourth-order valence-electron chi connectivity index (χ4n) is 3.32. The molecular weight excluding hydrogens is 368 g/mol. The molecule has 148 valence electrons. The molecule has 6 nitrogen and oxygen atoms in total. The number of aliphatic carboxylic acids is 1. The minimum atomic E-state index is -0.802. The number of likely N-dealkylation sites (tertiary alicyclic amines) is 1. The average molecular weight is 395 g/mol. The van der Waals surface area contributed by atoms with E-state index in [4.69, 9.17) is 16.7 Å². The first-order valence-corrected chi connectivity index (χ1v) is 9.63. The lowest BCUT2D eigenvalue weighted by atomic mass is 9.97. The van der Waals surface area contributed by atoms with E-state index < -0.39 is 5.97 Å². The van der Waals surface area contributed by atoms with Crippen LogP contribution in [0.25, 0.3) is 0 Å². The highest BCUT2D eigenvalue weighted by atomic mass is 35.5. The van der Waals surface area contributed by atoms with E-state index in [1.54, 1.807) is 11.9 Å². The van der Waals surface area contributed by atoms with Crippen molar-refractivity contribution in [2.45, 2.75) is 32.6 Å². The Kier molecular flexibility index (Phi) is 7.66. The molecule has 27 heavy (non-hydrogen) atoms. The van der Waals surface area contributed by atoms with Gasteiger partial charge in [0.25, 0.3) is 0 Å². The number of benzene rings is 1. The SMILES string of the molecule is CC(CC(=O)N(C)CC(=O)N1CCC(C(=O)O)CC1)Cc1ccc(Cl)cc1. The molecule has 0 aromatic heterocycles. The van der Waals surface area contributed by atoms with E-state index in [2.05, 4.69) is 0 Å². The lowest BCUT2D eigenvalue weighted by Gasteiger charge is -2.31. The molecule has 7 heteroatoms. The summed E-state index contributed by atoms with van der Waals surface area (Å²) in [6.07, 6.45) is 2.08. The van der Waals surface area contributed by atoms with Gasteiger partial charge in [-0.3, -0.25) is 14.4 Å². The Hall–Kier alpha value is -2.08. The molecule has 0 spiro atoms. The molecule has 1 aliphatic rings. The van der Waals surface area contributed by atoms with E-state index in [1.807, 2.05) is 31.2 Å². The third-order valence-electron chi connectivity index (χ3n) is 5.02.